The summed E-state index contributed by atoms with van der Waals surface area (Å²) in [5.74, 6) is 0. The van der Waals surface area contributed by atoms with Gasteiger partial charge in [-0.3, -0.25) is 4.99 Å². The van der Waals surface area contributed by atoms with Gasteiger partial charge in [0, 0.05) is 19.0 Å². The quantitative estimate of drug-likeness (QED) is 0.636. The molecule has 1 heterocycles. The van der Waals surface area contributed by atoms with Crippen LogP contribution in [0.1, 0.15) is 12.8 Å². The zero-order chi connectivity index (χ0) is 8.27. The molecule has 2 unspecified atom stereocenters. The number of rotatable bonds is 2. The maximum Gasteiger partial charge on any atom is 0.0919 e. The molecule has 0 radical (unpaired) electrons. The Morgan fingerprint density at radius 3 is 2.82 bits per heavy atom. The Balaban J connectivity index is 2.49. The van der Waals surface area contributed by atoms with Crippen molar-refractivity contribution < 1.29 is 4.74 Å². The van der Waals surface area contributed by atoms with E-state index in [0.29, 0.717) is 5.70 Å². The average Bonchev–Trinajstić information content (AvgIpc) is 2.05. The molecule has 0 saturated carbocycles. The van der Waals surface area contributed by atoms with Gasteiger partial charge in [0.1, 0.15) is 0 Å². The first-order chi connectivity index (χ1) is 5.24. The van der Waals surface area contributed by atoms with Gasteiger partial charge in [-0.2, -0.15) is 0 Å². The highest BCUT2D eigenvalue weighted by Crippen LogP contribution is 2.14. The summed E-state index contributed by atoms with van der Waals surface area (Å²) >= 11 is 0. The van der Waals surface area contributed by atoms with E-state index in [4.69, 9.17) is 10.5 Å². The molecule has 0 aromatic rings. The number of methoxy groups -OCH3 is 1. The fourth-order valence-electron chi connectivity index (χ4n) is 1.13. The number of hydrogen-bond donors (Lipinski definition) is 1. The topological polar surface area (TPSA) is 47.6 Å². The highest BCUT2D eigenvalue weighted by molar-refractivity contribution is 5.64. The zero-order valence-electron chi connectivity index (χ0n) is 6.79. The fourth-order valence-corrected chi connectivity index (χ4v) is 1.13. The van der Waals surface area contributed by atoms with E-state index in [0.717, 1.165) is 12.8 Å². The second kappa shape index (κ2) is 3.53. The molecule has 0 bridgehead atoms. The molecule has 2 N–H and O–H groups in total. The van der Waals surface area contributed by atoms with Gasteiger partial charge in [-0.05, 0) is 12.8 Å². The Morgan fingerprint density at radius 2 is 2.45 bits per heavy atom. The van der Waals surface area contributed by atoms with Crippen LogP contribution in [0.15, 0.2) is 17.3 Å². The van der Waals surface area contributed by atoms with Crippen molar-refractivity contribution in [1.82, 2.24) is 0 Å². The molecule has 1 rings (SSSR count). The van der Waals surface area contributed by atoms with E-state index >= 15 is 0 Å². The van der Waals surface area contributed by atoms with E-state index in [1.165, 1.54) is 0 Å². The van der Waals surface area contributed by atoms with E-state index in [2.05, 4.69) is 11.6 Å². The van der Waals surface area contributed by atoms with Crippen LogP contribution >= 0.6 is 0 Å². The normalized spacial score (nSPS) is 30.3. The summed E-state index contributed by atoms with van der Waals surface area (Å²) in [6, 6.07) is 0.112. The molecule has 0 aromatic carbocycles. The molecular weight excluding hydrogens is 140 g/mol. The van der Waals surface area contributed by atoms with Gasteiger partial charge >= 0.3 is 0 Å². The maximum absolute atomic E-state index is 5.51. The minimum Gasteiger partial charge on any atom is -0.401 e. The average molecular weight is 154 g/mol. The lowest BCUT2D eigenvalue weighted by Crippen LogP contribution is -2.25. The second-order valence-corrected chi connectivity index (χ2v) is 2.74. The molecule has 11 heavy (non-hydrogen) atoms. The SMILES string of the molecule is C=C(N)C1CCC(OC)C=N1. The van der Waals surface area contributed by atoms with Gasteiger partial charge in [-0.25, -0.2) is 0 Å². The summed E-state index contributed by atoms with van der Waals surface area (Å²) in [4.78, 5) is 4.21. The van der Waals surface area contributed by atoms with Crippen molar-refractivity contribution in [2.75, 3.05) is 7.11 Å². The van der Waals surface area contributed by atoms with Crippen molar-refractivity contribution >= 4 is 6.21 Å². The van der Waals surface area contributed by atoms with E-state index in [1.54, 1.807) is 7.11 Å². The lowest BCUT2D eigenvalue weighted by atomic mass is 10.0. The number of nitrogens with two attached hydrogens (primary N) is 1. The van der Waals surface area contributed by atoms with Gasteiger partial charge in [0.15, 0.2) is 0 Å². The van der Waals surface area contributed by atoms with Gasteiger partial charge in [0.05, 0.1) is 12.1 Å². The number of nitrogens with zero attached hydrogens (tertiary/aromatic N) is 1. The first-order valence-corrected chi connectivity index (χ1v) is 3.74. The Hall–Kier alpha value is -0.830. The van der Waals surface area contributed by atoms with Crippen molar-refractivity contribution in [2.45, 2.75) is 25.0 Å². The standard InChI is InChI=1S/C8H14N2O/c1-6(9)8-4-3-7(11-2)5-10-8/h5,7-8H,1,3-4,9H2,2H3. The van der Waals surface area contributed by atoms with Crippen molar-refractivity contribution in [1.29, 1.82) is 0 Å². The third-order valence-electron chi connectivity index (χ3n) is 1.89. The summed E-state index contributed by atoms with van der Waals surface area (Å²) in [6.45, 7) is 3.65. The molecule has 0 fully saturated rings. The summed E-state index contributed by atoms with van der Waals surface area (Å²) < 4.78 is 5.10. The van der Waals surface area contributed by atoms with Gasteiger partial charge < -0.3 is 10.5 Å². The highest BCUT2D eigenvalue weighted by Gasteiger charge is 2.16. The van der Waals surface area contributed by atoms with Crippen LogP contribution in [0, 0.1) is 0 Å². The lowest BCUT2D eigenvalue weighted by molar-refractivity contribution is 0.144. The molecular formula is C8H14N2O. The van der Waals surface area contributed by atoms with E-state index in [9.17, 15) is 0 Å². The number of aliphatic imine (C=N–C) groups is 1. The third kappa shape index (κ3) is 2.05. The van der Waals surface area contributed by atoms with Crippen LogP contribution in [0.2, 0.25) is 0 Å². The smallest absolute Gasteiger partial charge is 0.0919 e. The van der Waals surface area contributed by atoms with Gasteiger partial charge in [-0.1, -0.05) is 6.58 Å². The fraction of sp³-hybridized carbons (Fsp3) is 0.625. The minimum absolute atomic E-state index is 0.112. The van der Waals surface area contributed by atoms with Gasteiger partial charge in [-0.15, -0.1) is 0 Å². The molecule has 1 aliphatic heterocycles. The molecule has 2 atom stereocenters. The van der Waals surface area contributed by atoms with E-state index < -0.39 is 0 Å². The molecule has 0 saturated heterocycles. The first kappa shape index (κ1) is 8.27. The molecule has 0 aliphatic carbocycles. The molecule has 0 aromatic heterocycles. The molecule has 1 aliphatic rings. The Bertz CT molecular complexity index is 177. The Kier molecular flexibility index (Phi) is 2.65. The lowest BCUT2D eigenvalue weighted by Gasteiger charge is -2.20. The minimum atomic E-state index is 0.112. The summed E-state index contributed by atoms with van der Waals surface area (Å²) in [6.07, 6.45) is 3.92. The van der Waals surface area contributed by atoms with Crippen LogP contribution in [0.3, 0.4) is 0 Å². The number of ether oxygens (including phenoxy) is 1. The first-order valence-electron chi connectivity index (χ1n) is 3.74. The highest BCUT2D eigenvalue weighted by atomic mass is 16.5. The van der Waals surface area contributed by atoms with Crippen molar-refractivity contribution in [3.63, 3.8) is 0 Å². The Morgan fingerprint density at radius 1 is 1.73 bits per heavy atom. The van der Waals surface area contributed by atoms with Crippen LogP contribution in [0.25, 0.3) is 0 Å². The monoisotopic (exact) mass is 154 g/mol. The molecule has 0 spiro atoms. The third-order valence-corrected chi connectivity index (χ3v) is 1.89. The Labute approximate surface area is 66.9 Å². The predicted molar refractivity (Wildman–Crippen MR) is 45.6 cm³/mol. The molecule has 0 amide bonds. The van der Waals surface area contributed by atoms with Crippen molar-refractivity contribution in [2.24, 2.45) is 10.7 Å². The summed E-state index contributed by atoms with van der Waals surface area (Å²) in [5, 5.41) is 0. The van der Waals surface area contributed by atoms with E-state index in [-0.39, 0.29) is 12.1 Å². The van der Waals surface area contributed by atoms with Crippen LogP contribution in [0.4, 0.5) is 0 Å². The molecule has 62 valence electrons. The zero-order valence-corrected chi connectivity index (χ0v) is 6.79. The molecule has 3 nitrogen and oxygen atoms in total. The van der Waals surface area contributed by atoms with E-state index in [1.807, 2.05) is 6.21 Å². The summed E-state index contributed by atoms with van der Waals surface area (Å²) in [7, 11) is 1.69. The van der Waals surface area contributed by atoms with Crippen LogP contribution in [-0.2, 0) is 4.74 Å². The largest absolute Gasteiger partial charge is 0.401 e. The van der Waals surface area contributed by atoms with Crippen LogP contribution in [0.5, 0.6) is 0 Å². The number of hydrogen-bond acceptors (Lipinski definition) is 3. The second-order valence-electron chi connectivity index (χ2n) is 2.74. The van der Waals surface area contributed by atoms with Crippen LogP contribution < -0.4 is 5.73 Å². The maximum atomic E-state index is 5.51. The van der Waals surface area contributed by atoms with Gasteiger partial charge in [0.25, 0.3) is 0 Å². The summed E-state index contributed by atoms with van der Waals surface area (Å²) in [5.41, 5.74) is 6.15. The molecule has 3 heteroatoms. The van der Waals surface area contributed by atoms with Crippen molar-refractivity contribution in [3.8, 4) is 0 Å². The van der Waals surface area contributed by atoms with Crippen LogP contribution in [-0.4, -0.2) is 25.5 Å². The van der Waals surface area contributed by atoms with Gasteiger partial charge in [0.2, 0.25) is 0 Å². The predicted octanol–water partition coefficient (Wildman–Crippen LogP) is 0.707. The van der Waals surface area contributed by atoms with Crippen molar-refractivity contribution in [3.05, 3.63) is 12.3 Å².